The van der Waals surface area contributed by atoms with E-state index >= 15 is 0 Å². The van der Waals surface area contributed by atoms with Gasteiger partial charge in [0.15, 0.2) is 0 Å². The van der Waals surface area contributed by atoms with Crippen molar-refractivity contribution >= 4 is 27.2 Å². The van der Waals surface area contributed by atoms with Gasteiger partial charge in [0.25, 0.3) is 0 Å². The van der Waals surface area contributed by atoms with E-state index in [4.69, 9.17) is 14.2 Å². The van der Waals surface area contributed by atoms with Gasteiger partial charge in [-0.05, 0) is 11.1 Å². The molecule has 8 nitrogen and oxygen atoms in total. The number of aliphatic hydroxyl groups is 1. The van der Waals surface area contributed by atoms with Crippen LogP contribution < -0.4 is 18.6 Å². The molecule has 0 aliphatic heterocycles. The van der Waals surface area contributed by atoms with Crippen LogP contribution in [0.4, 0.5) is 0 Å². The van der Waals surface area contributed by atoms with Crippen molar-refractivity contribution in [2.75, 3.05) is 27.2 Å². The van der Waals surface area contributed by atoms with E-state index in [1.807, 2.05) is 121 Å². The summed E-state index contributed by atoms with van der Waals surface area (Å²) in [6, 6.07) is 62.3. The molecule has 2 atom stereocenters. The molecule has 0 fully saturated rings. The molecule has 0 aromatic heterocycles. The number of benzene rings is 7. The molecule has 0 radical (unpaired) electrons. The van der Waals surface area contributed by atoms with Crippen LogP contribution in [0.25, 0.3) is 0 Å². The van der Waals surface area contributed by atoms with Crippen molar-refractivity contribution in [1.29, 1.82) is 0 Å². The zero-order chi connectivity index (χ0) is 43.2. The topological polar surface area (TPSA) is 88.5 Å². The van der Waals surface area contributed by atoms with Crippen molar-refractivity contribution in [2.24, 2.45) is 0 Å². The number of rotatable bonds is 21. The van der Waals surface area contributed by atoms with Crippen LogP contribution in [0, 0.1) is 0 Å². The number of nitrogens with zero attached hydrogens (tertiary/aromatic N) is 2. The fourth-order valence-electron chi connectivity index (χ4n) is 7.06. The third-order valence-corrected chi connectivity index (χ3v) is 18.1. The molecule has 0 aliphatic carbocycles. The van der Waals surface area contributed by atoms with Gasteiger partial charge in [-0.2, -0.15) is 0 Å². The molecule has 0 saturated carbocycles. The first kappa shape index (κ1) is 44.4. The van der Waals surface area contributed by atoms with Crippen LogP contribution in [0.3, 0.4) is 0 Å². The Morgan fingerprint density at radius 2 is 0.935 bits per heavy atom. The molecule has 7 aromatic rings. The van der Waals surface area contributed by atoms with Crippen LogP contribution in [0.15, 0.2) is 188 Å². The van der Waals surface area contributed by atoms with Crippen LogP contribution in [0.1, 0.15) is 51.0 Å². The van der Waals surface area contributed by atoms with Crippen molar-refractivity contribution in [2.45, 2.75) is 38.4 Å². The molecule has 318 valence electrons. The maximum absolute atomic E-state index is 13.3. The van der Waals surface area contributed by atoms with Crippen LogP contribution in [0.5, 0.6) is 17.2 Å². The Hall–Kier alpha value is -5.67. The maximum atomic E-state index is 13.3. The van der Waals surface area contributed by atoms with E-state index in [0.29, 0.717) is 55.1 Å². The molecule has 7 rings (SSSR count). The average Bonchev–Trinajstić information content (AvgIpc) is 3.30. The van der Waals surface area contributed by atoms with Crippen LogP contribution in [0.2, 0.25) is 0 Å². The molecule has 0 aliphatic rings. The fourth-order valence-corrected chi connectivity index (χ4v) is 12.3. The molecule has 0 heterocycles. The summed E-state index contributed by atoms with van der Waals surface area (Å²) in [4.78, 5) is 2.27. The number of hydrogen-bond acceptors (Lipinski definition) is 7. The monoisotopic (exact) mass is 908 g/mol. The van der Waals surface area contributed by atoms with Crippen LogP contribution >= 0.6 is 0 Å². The molecule has 7 aromatic carbocycles. The molecule has 0 amide bonds. The van der Waals surface area contributed by atoms with Gasteiger partial charge in [-0.3, -0.25) is 0 Å². The van der Waals surface area contributed by atoms with E-state index in [1.165, 1.54) is 4.31 Å². The summed E-state index contributed by atoms with van der Waals surface area (Å²) in [6.45, 7) is 2.71. The van der Waals surface area contributed by atoms with Crippen molar-refractivity contribution in [3.63, 3.8) is 0 Å². The second-order valence-electron chi connectivity index (χ2n) is 15.4. The molecule has 0 spiro atoms. The summed E-state index contributed by atoms with van der Waals surface area (Å²) in [7, 11) is -0.410. The van der Waals surface area contributed by atoms with Gasteiger partial charge in [0.05, 0.1) is 0 Å². The fraction of sp³-hybridized carbons (Fsp3) is 0.192. The third kappa shape index (κ3) is 12.9. The zero-order valence-corrected chi connectivity index (χ0v) is 38.0. The van der Waals surface area contributed by atoms with Crippen molar-refractivity contribution in [3.05, 3.63) is 227 Å². The van der Waals surface area contributed by atoms with E-state index in [0.717, 1.165) is 44.9 Å². The van der Waals surface area contributed by atoms with Crippen molar-refractivity contribution in [1.82, 2.24) is 9.21 Å². The molecule has 0 saturated heterocycles. The summed E-state index contributed by atoms with van der Waals surface area (Å²) < 4.78 is 47.0. The number of aliphatic hydroxyl groups excluding tert-OH is 1. The Labute approximate surface area is 372 Å². The minimum atomic E-state index is -3.51. The first-order valence-electron chi connectivity index (χ1n) is 20.7. The van der Waals surface area contributed by atoms with Gasteiger partial charge in [-0.25, -0.2) is 0 Å². The molecular weight excluding hydrogens is 856 g/mol. The Morgan fingerprint density at radius 3 is 1.39 bits per heavy atom. The van der Waals surface area contributed by atoms with Crippen molar-refractivity contribution in [3.8, 4) is 17.2 Å². The standard InChI is InChI=1S/C52H53AsN2O6S/c1-54(2)62(57,58)53-50-33-46(27-32-52(50)61-39-43-21-13-6-14-22-43)51(56)36-55(34-40-15-7-3-8-16-40)35-49(44-23-28-47(29-24-44)59-37-41-17-9-4-10-18-41)45-25-30-48(31-26-45)60-38-42-19-11-5-12-20-42/h3-33,49,51,53,56H,34-39H2,1-2H3. The van der Waals surface area contributed by atoms with Crippen LogP contribution in [-0.2, 0) is 34.7 Å². The van der Waals surface area contributed by atoms with E-state index in [1.54, 1.807) is 20.2 Å². The van der Waals surface area contributed by atoms with E-state index < -0.39 is 29.0 Å². The SMILES string of the molecule is CN(C)S(=O)(=O)[AsH]c1cc(C(O)CN(Cc2ccccc2)CC(c2ccc(OCc3ccccc3)cc2)c2ccc(OCc3ccccc3)cc2)ccc1OCc1ccccc1. The van der Waals surface area contributed by atoms with Gasteiger partial charge in [-0.15, -0.1) is 0 Å². The molecule has 62 heavy (non-hydrogen) atoms. The predicted octanol–water partition coefficient (Wildman–Crippen LogP) is 8.66. The first-order valence-corrected chi connectivity index (χ1v) is 25.7. The van der Waals surface area contributed by atoms with Gasteiger partial charge in [-0.1, -0.05) is 60.7 Å². The molecular formula is C52H53AsN2O6S. The average molecular weight is 909 g/mol. The van der Waals surface area contributed by atoms with Gasteiger partial charge in [0, 0.05) is 0 Å². The Bertz CT molecular complexity index is 2440. The summed E-state index contributed by atoms with van der Waals surface area (Å²) in [5.74, 6) is 2.00. The second kappa shape index (κ2) is 21.9. The summed E-state index contributed by atoms with van der Waals surface area (Å²) in [6.07, 6.45) is -0.919. The summed E-state index contributed by atoms with van der Waals surface area (Å²) in [5.41, 5.74) is 7.13. The Balaban J connectivity index is 1.17. The van der Waals surface area contributed by atoms with E-state index in [-0.39, 0.29) is 5.92 Å². The normalized spacial score (nSPS) is 12.3. The van der Waals surface area contributed by atoms with Crippen molar-refractivity contribution < 1.29 is 27.7 Å². The first-order chi connectivity index (χ1) is 30.2. The van der Waals surface area contributed by atoms with Crippen LogP contribution in [-0.4, -0.2) is 64.5 Å². The Kier molecular flexibility index (Phi) is 15.7. The summed E-state index contributed by atoms with van der Waals surface area (Å²) >= 11 is -1.73. The Morgan fingerprint density at radius 1 is 0.516 bits per heavy atom. The molecule has 0 bridgehead atoms. The van der Waals surface area contributed by atoms with E-state index in [2.05, 4.69) is 65.6 Å². The quantitative estimate of drug-likeness (QED) is 0.0723. The second-order valence-corrected chi connectivity index (χ2v) is 22.9. The molecule has 10 heteroatoms. The van der Waals surface area contributed by atoms with Gasteiger partial charge in [0.2, 0.25) is 0 Å². The summed E-state index contributed by atoms with van der Waals surface area (Å²) in [5, 5.41) is 12.1. The number of ether oxygens (including phenoxy) is 3. The minimum absolute atomic E-state index is 0.0847. The van der Waals surface area contributed by atoms with Gasteiger partial charge >= 0.3 is 280 Å². The van der Waals surface area contributed by atoms with Gasteiger partial charge in [0.1, 0.15) is 13.2 Å². The molecule has 2 unspecified atom stereocenters. The van der Waals surface area contributed by atoms with E-state index in [9.17, 15) is 13.5 Å². The number of hydrogen-bond donors (Lipinski definition) is 1. The predicted molar refractivity (Wildman–Crippen MR) is 250 cm³/mol. The molecule has 1 N–H and O–H groups in total. The van der Waals surface area contributed by atoms with Gasteiger partial charge < -0.3 is 9.47 Å². The zero-order valence-electron chi connectivity index (χ0n) is 35.1. The third-order valence-electron chi connectivity index (χ3n) is 10.5.